The first-order chi connectivity index (χ1) is 14.5. The van der Waals surface area contributed by atoms with Gasteiger partial charge in [-0.25, -0.2) is 9.66 Å². The maximum Gasteiger partial charge on any atom is 0.276 e. The Labute approximate surface area is 178 Å². The summed E-state index contributed by atoms with van der Waals surface area (Å²) in [5.74, 6) is 1.70. The Morgan fingerprint density at radius 2 is 2.03 bits per heavy atom. The molecule has 2 aliphatic heterocycles. The molecule has 1 aromatic carbocycles. The van der Waals surface area contributed by atoms with Gasteiger partial charge in [0.1, 0.15) is 19.0 Å². The quantitative estimate of drug-likeness (QED) is 0.682. The van der Waals surface area contributed by atoms with Crippen LogP contribution in [0.15, 0.2) is 28.8 Å². The number of rotatable bonds is 4. The fourth-order valence-corrected chi connectivity index (χ4v) is 4.12. The third-order valence-corrected chi connectivity index (χ3v) is 5.79. The molecule has 2 atom stereocenters. The summed E-state index contributed by atoms with van der Waals surface area (Å²) in [5.41, 5.74) is 5.49. The fraction of sp³-hybridized carbons (Fsp3) is 0.400. The summed E-state index contributed by atoms with van der Waals surface area (Å²) < 4.78 is 13.1. The lowest BCUT2D eigenvalue weighted by molar-refractivity contribution is 0.0695. The Balaban J connectivity index is 1.26. The van der Waals surface area contributed by atoms with Crippen LogP contribution in [0.3, 0.4) is 0 Å². The van der Waals surface area contributed by atoms with Crippen LogP contribution in [-0.4, -0.2) is 43.9 Å². The third kappa shape index (κ3) is 3.33. The van der Waals surface area contributed by atoms with E-state index in [1.807, 2.05) is 38.1 Å². The molecule has 5 rings (SSSR count). The molecule has 9 nitrogen and oxygen atoms in total. The fourth-order valence-electron chi connectivity index (χ4n) is 4.00. The third-order valence-electron chi connectivity index (χ3n) is 5.54. The average molecular weight is 429 g/mol. The highest BCUT2D eigenvalue weighted by Crippen LogP contribution is 2.37. The van der Waals surface area contributed by atoms with Gasteiger partial charge in [0.2, 0.25) is 5.89 Å². The van der Waals surface area contributed by atoms with Crippen LogP contribution >= 0.6 is 11.6 Å². The summed E-state index contributed by atoms with van der Waals surface area (Å²) in [5, 5.41) is 4.83. The Bertz CT molecular complexity index is 1090. The molecule has 1 fully saturated rings. The molecular weight excluding hydrogens is 408 g/mol. The van der Waals surface area contributed by atoms with Crippen LogP contribution in [0.1, 0.15) is 57.7 Å². The van der Waals surface area contributed by atoms with E-state index in [0.29, 0.717) is 41.4 Å². The lowest BCUT2D eigenvalue weighted by atomic mass is 10.0. The van der Waals surface area contributed by atoms with Gasteiger partial charge in [-0.05, 0) is 38.0 Å². The molecule has 30 heavy (non-hydrogen) atoms. The number of carbonyl (C=O) groups is 1. The van der Waals surface area contributed by atoms with Gasteiger partial charge in [0, 0.05) is 10.9 Å². The van der Waals surface area contributed by atoms with Crippen molar-refractivity contribution in [1.82, 2.24) is 24.7 Å². The number of halogens is 1. The molecule has 1 saturated heterocycles. The molecule has 2 aromatic heterocycles. The van der Waals surface area contributed by atoms with Crippen molar-refractivity contribution in [1.29, 1.82) is 0 Å². The van der Waals surface area contributed by atoms with Gasteiger partial charge in [-0.1, -0.05) is 28.9 Å². The lowest BCUT2D eigenvalue weighted by Gasteiger charge is -2.28. The summed E-state index contributed by atoms with van der Waals surface area (Å²) in [6, 6.07) is 7.67. The largest absolute Gasteiger partial charge is 0.373 e. The van der Waals surface area contributed by atoms with E-state index in [4.69, 9.17) is 20.9 Å². The second-order valence-electron chi connectivity index (χ2n) is 7.60. The summed E-state index contributed by atoms with van der Waals surface area (Å²) >= 11 is 5.96. The first kappa shape index (κ1) is 19.1. The van der Waals surface area contributed by atoms with E-state index in [0.717, 1.165) is 17.8 Å². The second-order valence-corrected chi connectivity index (χ2v) is 8.04. The lowest BCUT2D eigenvalue weighted by Crippen LogP contribution is -2.45. The summed E-state index contributed by atoms with van der Waals surface area (Å²) in [6.45, 7) is 4.78. The summed E-state index contributed by atoms with van der Waals surface area (Å²) in [6.07, 6.45) is 0.747. The molecule has 0 aliphatic carbocycles. The van der Waals surface area contributed by atoms with Crippen LogP contribution < -0.4 is 5.43 Å². The minimum Gasteiger partial charge on any atom is -0.373 e. The molecule has 4 heterocycles. The van der Waals surface area contributed by atoms with Gasteiger partial charge < -0.3 is 19.6 Å². The zero-order chi connectivity index (χ0) is 20.8. The molecule has 1 amide bonds. The molecule has 0 saturated carbocycles. The number of aryl methyl sites for hydroxylation is 2. The SMILES string of the molecule is Cc1nc(C)n2c1C(=O)N(Cc1nc([C@@H]3CO[C@@H](c4ccc(Cl)cc4)C3)no1)CN2. The highest BCUT2D eigenvalue weighted by atomic mass is 35.5. The van der Waals surface area contributed by atoms with Crippen LogP contribution in [0.4, 0.5) is 0 Å². The zero-order valence-electron chi connectivity index (χ0n) is 16.6. The summed E-state index contributed by atoms with van der Waals surface area (Å²) in [4.78, 5) is 23.4. The minimum atomic E-state index is -0.112. The van der Waals surface area contributed by atoms with Gasteiger partial charge in [0.05, 0.1) is 18.4 Å². The van der Waals surface area contributed by atoms with E-state index >= 15 is 0 Å². The van der Waals surface area contributed by atoms with Crippen molar-refractivity contribution in [3.8, 4) is 0 Å². The number of carbonyl (C=O) groups excluding carboxylic acids is 1. The zero-order valence-corrected chi connectivity index (χ0v) is 17.4. The Kier molecular flexibility index (Phi) is 4.71. The molecule has 10 heteroatoms. The number of nitrogens with zero attached hydrogens (tertiary/aromatic N) is 5. The van der Waals surface area contributed by atoms with Crippen molar-refractivity contribution >= 4 is 17.5 Å². The van der Waals surface area contributed by atoms with Gasteiger partial charge in [-0.2, -0.15) is 4.98 Å². The Morgan fingerprint density at radius 1 is 1.23 bits per heavy atom. The van der Waals surface area contributed by atoms with E-state index in [1.54, 1.807) is 9.58 Å². The number of aromatic nitrogens is 4. The van der Waals surface area contributed by atoms with Crippen LogP contribution in [0, 0.1) is 13.8 Å². The van der Waals surface area contributed by atoms with Crippen molar-refractivity contribution in [2.75, 3.05) is 18.7 Å². The van der Waals surface area contributed by atoms with Crippen molar-refractivity contribution in [2.45, 2.75) is 38.8 Å². The van der Waals surface area contributed by atoms with Crippen molar-refractivity contribution in [2.24, 2.45) is 0 Å². The van der Waals surface area contributed by atoms with E-state index in [2.05, 4.69) is 20.6 Å². The number of nitrogens with one attached hydrogen (secondary N) is 1. The normalized spacial score (nSPS) is 21.0. The topological polar surface area (TPSA) is 98.3 Å². The predicted octanol–water partition coefficient (Wildman–Crippen LogP) is 2.94. The molecule has 3 aromatic rings. The standard InChI is InChI=1S/C20H21ClN6O3/c1-11-18-20(28)26(10-22-27(18)12(2)23-11)8-17-24-19(25-30-17)14-7-16(29-9-14)13-3-5-15(21)6-4-13/h3-6,14,16,22H,7-10H2,1-2H3/t14-,16+/m0/s1. The average Bonchev–Trinajstić information content (AvgIpc) is 3.44. The molecule has 0 unspecified atom stereocenters. The predicted molar refractivity (Wildman–Crippen MR) is 108 cm³/mol. The molecule has 0 spiro atoms. The summed E-state index contributed by atoms with van der Waals surface area (Å²) in [7, 11) is 0. The van der Waals surface area contributed by atoms with E-state index < -0.39 is 0 Å². The number of benzene rings is 1. The number of amides is 1. The van der Waals surface area contributed by atoms with E-state index in [1.165, 1.54) is 0 Å². The molecule has 1 N–H and O–H groups in total. The van der Waals surface area contributed by atoms with Gasteiger partial charge in [0.25, 0.3) is 5.91 Å². The van der Waals surface area contributed by atoms with Crippen molar-refractivity contribution < 1.29 is 14.1 Å². The number of hydrogen-bond donors (Lipinski definition) is 1. The number of ether oxygens (including phenoxy) is 1. The van der Waals surface area contributed by atoms with Crippen molar-refractivity contribution in [3.05, 3.63) is 63.8 Å². The van der Waals surface area contributed by atoms with Gasteiger partial charge in [-0.3, -0.25) is 4.79 Å². The van der Waals surface area contributed by atoms with Gasteiger partial charge in [-0.15, -0.1) is 0 Å². The number of imidazole rings is 1. The van der Waals surface area contributed by atoms with Crippen LogP contribution in [-0.2, 0) is 11.3 Å². The monoisotopic (exact) mass is 428 g/mol. The van der Waals surface area contributed by atoms with Crippen molar-refractivity contribution in [3.63, 3.8) is 0 Å². The van der Waals surface area contributed by atoms with E-state index in [9.17, 15) is 4.79 Å². The Morgan fingerprint density at radius 3 is 2.83 bits per heavy atom. The molecule has 156 valence electrons. The van der Waals surface area contributed by atoms with Crippen LogP contribution in [0.5, 0.6) is 0 Å². The van der Waals surface area contributed by atoms with Gasteiger partial charge in [0.15, 0.2) is 11.5 Å². The minimum absolute atomic E-state index is 0.0198. The molecule has 0 bridgehead atoms. The molecular formula is C20H21ClN6O3. The first-order valence-corrected chi connectivity index (χ1v) is 10.2. The molecule has 2 aliphatic rings. The highest BCUT2D eigenvalue weighted by Gasteiger charge is 2.33. The first-order valence-electron chi connectivity index (χ1n) is 9.78. The van der Waals surface area contributed by atoms with Crippen LogP contribution in [0.2, 0.25) is 5.02 Å². The smallest absolute Gasteiger partial charge is 0.276 e. The van der Waals surface area contributed by atoms with Gasteiger partial charge >= 0.3 is 0 Å². The highest BCUT2D eigenvalue weighted by molar-refractivity contribution is 6.30. The second kappa shape index (κ2) is 7.41. The maximum absolute atomic E-state index is 12.8. The van der Waals surface area contributed by atoms with Crippen LogP contribution in [0.25, 0.3) is 0 Å². The van der Waals surface area contributed by atoms with E-state index in [-0.39, 0.29) is 24.5 Å². The maximum atomic E-state index is 12.8. The number of hydrogen-bond acceptors (Lipinski definition) is 7. The number of fused-ring (bicyclic) bond motifs is 1. The Hall–Kier alpha value is -2.91. The molecule has 0 radical (unpaired) electrons.